The van der Waals surface area contributed by atoms with Gasteiger partial charge in [-0.3, -0.25) is 0 Å². The van der Waals surface area contributed by atoms with Crippen molar-refractivity contribution in [2.75, 3.05) is 0 Å². The van der Waals surface area contributed by atoms with Gasteiger partial charge in [-0.25, -0.2) is 0 Å². The highest BCUT2D eigenvalue weighted by Gasteiger charge is 2.69. The van der Waals surface area contributed by atoms with E-state index in [0.29, 0.717) is 11.8 Å². The smallest absolute Gasteiger partial charge is 0.00565 e. The Morgan fingerprint density at radius 3 is 1.32 bits per heavy atom. The molecule has 9 rings (SSSR count). The fourth-order valence-electron chi connectivity index (χ4n) is 14.3. The molecule has 0 amide bonds. The normalized spacial score (nSPS) is 53.7. The maximum atomic E-state index is 2.71. The Balaban J connectivity index is 1.19. The molecule has 0 nitrogen and oxygen atoms in total. The molecule has 0 radical (unpaired) electrons. The Morgan fingerprint density at radius 2 is 0.842 bits per heavy atom. The quantitative estimate of drug-likeness (QED) is 0.382. The minimum Gasteiger partial charge on any atom is -0.0622 e. The topological polar surface area (TPSA) is 0 Å². The van der Waals surface area contributed by atoms with Crippen LogP contribution in [0.15, 0.2) is 60.7 Å². The molecule has 7 saturated carbocycles. The van der Waals surface area contributed by atoms with Crippen LogP contribution >= 0.6 is 0 Å². The van der Waals surface area contributed by atoms with Gasteiger partial charge in [0.2, 0.25) is 0 Å². The van der Waals surface area contributed by atoms with Crippen LogP contribution in [0.4, 0.5) is 0 Å². The summed E-state index contributed by atoms with van der Waals surface area (Å²) in [5.74, 6) is 15.6. The van der Waals surface area contributed by atoms with Crippen molar-refractivity contribution < 1.29 is 0 Å². The highest BCUT2D eigenvalue weighted by Crippen LogP contribution is 2.75. The van der Waals surface area contributed by atoms with Crippen molar-refractivity contribution in [3.63, 3.8) is 0 Å². The Morgan fingerprint density at radius 1 is 0.421 bits per heavy atom. The lowest BCUT2D eigenvalue weighted by Gasteiger charge is -2.66. The molecule has 0 aliphatic heterocycles. The van der Waals surface area contributed by atoms with E-state index in [9.17, 15) is 0 Å². The van der Waals surface area contributed by atoms with Crippen molar-refractivity contribution in [3.8, 4) is 0 Å². The molecule has 0 spiro atoms. The van der Waals surface area contributed by atoms with Crippen LogP contribution in [0.25, 0.3) is 0 Å². The van der Waals surface area contributed by atoms with E-state index in [1.165, 1.54) is 0 Å². The first-order chi connectivity index (χ1) is 18.7. The summed E-state index contributed by atoms with van der Waals surface area (Å²) in [6.07, 6.45) is 12.6. The first-order valence-corrected chi connectivity index (χ1v) is 16.8. The van der Waals surface area contributed by atoms with Gasteiger partial charge in [0.1, 0.15) is 0 Å². The SMILES string of the molecule is CC1CC2C3CCC4CCC5CCC(C6CC(C)C7C(c8ccccc8)C(c8ccccc8)C1C7C26)C3C45. The van der Waals surface area contributed by atoms with Crippen molar-refractivity contribution in [2.45, 2.75) is 77.0 Å². The zero-order chi connectivity index (χ0) is 25.1. The molecular weight excluding hydrogens is 456 g/mol. The fraction of sp³-hybridized carbons (Fsp3) is 0.684. The van der Waals surface area contributed by atoms with Gasteiger partial charge in [0, 0.05) is 0 Å². The summed E-state index contributed by atoms with van der Waals surface area (Å²) in [5.41, 5.74) is 3.30. The molecule has 0 saturated heterocycles. The molecule has 0 aromatic heterocycles. The summed E-state index contributed by atoms with van der Waals surface area (Å²) in [7, 11) is 0. The molecule has 12 unspecified atom stereocenters. The number of benzene rings is 2. The van der Waals surface area contributed by atoms with E-state index in [1.54, 1.807) is 62.5 Å². The van der Waals surface area contributed by atoms with E-state index < -0.39 is 0 Å². The molecule has 12 atom stereocenters. The minimum atomic E-state index is 0.699. The fourth-order valence-corrected chi connectivity index (χ4v) is 14.3. The molecule has 2 aromatic carbocycles. The van der Waals surface area contributed by atoms with Crippen molar-refractivity contribution in [1.82, 2.24) is 0 Å². The summed E-state index contributed by atoms with van der Waals surface area (Å²) >= 11 is 0. The van der Waals surface area contributed by atoms with Crippen molar-refractivity contribution in [3.05, 3.63) is 71.8 Å². The average molecular weight is 505 g/mol. The van der Waals surface area contributed by atoms with Gasteiger partial charge in [-0.05, 0) is 157 Å². The van der Waals surface area contributed by atoms with Crippen LogP contribution in [-0.2, 0) is 0 Å². The van der Waals surface area contributed by atoms with Gasteiger partial charge in [0.05, 0.1) is 0 Å². The van der Waals surface area contributed by atoms with Crippen LogP contribution in [0.3, 0.4) is 0 Å². The second-order valence-corrected chi connectivity index (χ2v) is 15.7. The number of hydrogen-bond donors (Lipinski definition) is 0. The molecule has 38 heavy (non-hydrogen) atoms. The number of hydrogen-bond acceptors (Lipinski definition) is 0. The molecular formula is C38H48. The lowest BCUT2D eigenvalue weighted by molar-refractivity contribution is -0.184. The predicted octanol–water partition coefficient (Wildman–Crippen LogP) is 9.44. The Bertz CT molecular complexity index is 1080. The van der Waals surface area contributed by atoms with Crippen LogP contribution in [0.1, 0.15) is 88.2 Å². The Kier molecular flexibility index (Phi) is 5.17. The second-order valence-electron chi connectivity index (χ2n) is 15.7. The Labute approximate surface area is 231 Å². The molecule has 0 heteroatoms. The number of rotatable bonds is 2. The van der Waals surface area contributed by atoms with E-state index in [2.05, 4.69) is 74.5 Å². The van der Waals surface area contributed by atoms with Crippen molar-refractivity contribution in [2.24, 2.45) is 82.9 Å². The molecule has 7 aliphatic carbocycles. The van der Waals surface area contributed by atoms with Crippen molar-refractivity contribution >= 4 is 0 Å². The first-order valence-electron chi connectivity index (χ1n) is 16.8. The third kappa shape index (κ3) is 2.99. The monoisotopic (exact) mass is 504 g/mol. The van der Waals surface area contributed by atoms with Crippen LogP contribution in [-0.4, -0.2) is 0 Å². The zero-order valence-electron chi connectivity index (χ0n) is 23.7. The van der Waals surface area contributed by atoms with Gasteiger partial charge >= 0.3 is 0 Å². The second kappa shape index (κ2) is 8.47. The third-order valence-electron chi connectivity index (χ3n) is 14.8. The van der Waals surface area contributed by atoms with Gasteiger partial charge in [-0.1, -0.05) is 74.5 Å². The highest BCUT2D eigenvalue weighted by molar-refractivity contribution is 5.36. The van der Waals surface area contributed by atoms with Crippen LogP contribution in [0.5, 0.6) is 0 Å². The van der Waals surface area contributed by atoms with Crippen LogP contribution in [0, 0.1) is 82.9 Å². The first kappa shape index (κ1) is 23.2. The summed E-state index contributed by atoms with van der Waals surface area (Å²) in [6.45, 7) is 5.43. The molecule has 2 aromatic rings. The molecule has 7 fully saturated rings. The van der Waals surface area contributed by atoms with Gasteiger partial charge in [0.25, 0.3) is 0 Å². The minimum absolute atomic E-state index is 0.699. The summed E-state index contributed by atoms with van der Waals surface area (Å²) in [4.78, 5) is 0. The Hall–Kier alpha value is -1.56. The summed E-state index contributed by atoms with van der Waals surface area (Å²) < 4.78 is 0. The molecule has 0 bridgehead atoms. The van der Waals surface area contributed by atoms with Crippen LogP contribution < -0.4 is 0 Å². The maximum Gasteiger partial charge on any atom is -0.00565 e. The molecule has 0 heterocycles. The van der Waals surface area contributed by atoms with Crippen LogP contribution in [0.2, 0.25) is 0 Å². The van der Waals surface area contributed by atoms with Gasteiger partial charge in [-0.2, -0.15) is 0 Å². The van der Waals surface area contributed by atoms with Gasteiger partial charge < -0.3 is 0 Å². The van der Waals surface area contributed by atoms with E-state index in [-0.39, 0.29) is 0 Å². The summed E-state index contributed by atoms with van der Waals surface area (Å²) in [6, 6.07) is 23.8. The van der Waals surface area contributed by atoms with E-state index >= 15 is 0 Å². The lowest BCUT2D eigenvalue weighted by Crippen LogP contribution is -2.61. The zero-order valence-corrected chi connectivity index (χ0v) is 23.7. The van der Waals surface area contributed by atoms with Gasteiger partial charge in [-0.15, -0.1) is 0 Å². The third-order valence-corrected chi connectivity index (χ3v) is 14.8. The standard InChI is InChI=1S/C38H48/c1-21-19-29-27-17-15-25-13-14-26-16-18-28(36(27)33(25)26)30-20-22(2)32-35(24-11-7-4-8-12-24)34(23-9-5-3-6-10-23)31(21)38(32)37(29)30/h3-12,21-22,25-38H,13-20H2,1-2H3. The number of fused-ring (bicyclic) bond motifs is 2. The largest absolute Gasteiger partial charge is 0.0622 e. The van der Waals surface area contributed by atoms with Crippen molar-refractivity contribution in [1.29, 1.82) is 0 Å². The maximum absolute atomic E-state index is 2.71. The molecule has 200 valence electrons. The van der Waals surface area contributed by atoms with E-state index in [4.69, 9.17) is 0 Å². The molecule has 7 aliphatic rings. The van der Waals surface area contributed by atoms with Gasteiger partial charge in [0.15, 0.2) is 0 Å². The lowest BCUT2D eigenvalue weighted by atomic mass is 9.38. The van der Waals surface area contributed by atoms with E-state index in [0.717, 1.165) is 82.9 Å². The predicted molar refractivity (Wildman–Crippen MR) is 156 cm³/mol. The average Bonchev–Trinajstić information content (AvgIpc) is 3.55. The highest BCUT2D eigenvalue weighted by atomic mass is 14.7. The summed E-state index contributed by atoms with van der Waals surface area (Å²) in [5, 5.41) is 0. The van der Waals surface area contributed by atoms with E-state index in [1.807, 2.05) is 0 Å². The molecule has 0 N–H and O–H groups in total.